The minimum Gasteiger partial charge on any atom is -0.490 e. The highest BCUT2D eigenvalue weighted by molar-refractivity contribution is 6.12. The van der Waals surface area contributed by atoms with Gasteiger partial charge in [0, 0.05) is 18.0 Å². The first-order valence-electron chi connectivity index (χ1n) is 9.27. The number of ether oxygens (including phenoxy) is 1. The molecule has 1 N–H and O–H groups in total. The van der Waals surface area contributed by atoms with Crippen molar-refractivity contribution in [2.24, 2.45) is 0 Å². The molecule has 0 aliphatic rings. The minimum atomic E-state index is -0.362. The molecule has 2 aromatic carbocycles. The van der Waals surface area contributed by atoms with Crippen LogP contribution < -0.4 is 10.1 Å². The van der Waals surface area contributed by atoms with Crippen molar-refractivity contribution in [2.45, 2.75) is 20.0 Å². The molecule has 6 heteroatoms. The van der Waals surface area contributed by atoms with Gasteiger partial charge in [0.15, 0.2) is 0 Å². The summed E-state index contributed by atoms with van der Waals surface area (Å²) in [5, 5.41) is 3.26. The maximum Gasteiger partial charge on any atom is 0.255 e. The highest BCUT2D eigenvalue weighted by Gasteiger charge is 2.24. The Morgan fingerprint density at radius 2 is 1.90 bits per heavy atom. The number of halogens is 1. The van der Waals surface area contributed by atoms with Crippen LogP contribution in [0.2, 0.25) is 0 Å². The van der Waals surface area contributed by atoms with E-state index in [1.807, 2.05) is 19.9 Å². The van der Waals surface area contributed by atoms with Gasteiger partial charge in [-0.1, -0.05) is 0 Å². The number of hydrogen-bond donors (Lipinski definition) is 1. The third kappa shape index (κ3) is 3.49. The predicted molar refractivity (Wildman–Crippen MR) is 108 cm³/mol. The lowest BCUT2D eigenvalue weighted by Crippen LogP contribution is -2.18. The number of nitrogens with one attached hydrogen (secondary N) is 1. The normalized spacial score (nSPS) is 11.2. The Kier molecular flexibility index (Phi) is 4.84. The number of carbonyl (C=O) groups is 1. The average molecular weight is 393 g/mol. The second-order valence-corrected chi connectivity index (χ2v) is 6.88. The molecule has 29 heavy (non-hydrogen) atoms. The van der Waals surface area contributed by atoms with E-state index in [1.54, 1.807) is 43.6 Å². The van der Waals surface area contributed by atoms with Gasteiger partial charge in [0.2, 0.25) is 0 Å². The van der Waals surface area contributed by atoms with Gasteiger partial charge >= 0.3 is 0 Å². The van der Waals surface area contributed by atoms with Gasteiger partial charge in [-0.05, 0) is 62.4 Å². The smallest absolute Gasteiger partial charge is 0.255 e. The van der Waals surface area contributed by atoms with Crippen LogP contribution in [-0.4, -0.2) is 19.1 Å². The van der Waals surface area contributed by atoms with Crippen molar-refractivity contribution in [3.8, 4) is 28.4 Å². The largest absolute Gasteiger partial charge is 0.490 e. The first-order valence-corrected chi connectivity index (χ1v) is 9.27. The highest BCUT2D eigenvalue weighted by atomic mass is 19.1. The number of hydrogen-bond acceptors (Lipinski definition) is 4. The predicted octanol–water partition coefficient (Wildman–Crippen LogP) is 5.65. The molecule has 0 unspecified atom stereocenters. The van der Waals surface area contributed by atoms with Crippen LogP contribution in [0.15, 0.2) is 63.6 Å². The van der Waals surface area contributed by atoms with Gasteiger partial charge < -0.3 is 18.9 Å². The summed E-state index contributed by atoms with van der Waals surface area (Å²) in [6.45, 7) is 3.85. The monoisotopic (exact) mass is 393 g/mol. The van der Waals surface area contributed by atoms with Crippen LogP contribution in [0, 0.1) is 5.82 Å². The standard InChI is InChI=1S/C23H20FNO4/c1-13(2)28-19-12-17-20(11-16(19)18-5-4-10-27-18)29-22(21(17)23(26)25-3)14-6-8-15(24)9-7-14/h4-13H,1-3H3,(H,25,26). The van der Waals surface area contributed by atoms with Gasteiger partial charge in [-0.25, -0.2) is 4.39 Å². The molecule has 0 atom stereocenters. The van der Waals surface area contributed by atoms with E-state index in [0.29, 0.717) is 39.4 Å². The van der Waals surface area contributed by atoms with E-state index < -0.39 is 0 Å². The zero-order chi connectivity index (χ0) is 20.5. The molecule has 0 fully saturated rings. The number of rotatable bonds is 5. The Balaban J connectivity index is 2.00. The third-order valence-electron chi connectivity index (χ3n) is 4.50. The lowest BCUT2D eigenvalue weighted by atomic mass is 10.0. The zero-order valence-electron chi connectivity index (χ0n) is 16.3. The molecule has 2 aromatic heterocycles. The molecule has 0 bridgehead atoms. The van der Waals surface area contributed by atoms with Crippen LogP contribution in [0.5, 0.6) is 5.75 Å². The van der Waals surface area contributed by atoms with Gasteiger partial charge in [-0.15, -0.1) is 0 Å². The van der Waals surface area contributed by atoms with Gasteiger partial charge in [0.25, 0.3) is 5.91 Å². The quantitative estimate of drug-likeness (QED) is 0.476. The topological polar surface area (TPSA) is 64.6 Å². The van der Waals surface area contributed by atoms with Crippen molar-refractivity contribution in [1.29, 1.82) is 0 Å². The Morgan fingerprint density at radius 1 is 1.14 bits per heavy atom. The summed E-state index contributed by atoms with van der Waals surface area (Å²) >= 11 is 0. The lowest BCUT2D eigenvalue weighted by molar-refractivity contribution is 0.0964. The number of fused-ring (bicyclic) bond motifs is 1. The van der Waals surface area contributed by atoms with Crippen LogP contribution in [-0.2, 0) is 0 Å². The number of benzene rings is 2. The lowest BCUT2D eigenvalue weighted by Gasteiger charge is -2.13. The number of amides is 1. The van der Waals surface area contributed by atoms with Crippen LogP contribution in [0.1, 0.15) is 24.2 Å². The molecule has 0 radical (unpaired) electrons. The number of furan rings is 2. The summed E-state index contributed by atoms with van der Waals surface area (Å²) in [5.41, 5.74) is 2.20. The Labute approximate surface area is 167 Å². The molecule has 4 rings (SSSR count). The van der Waals surface area contributed by atoms with Gasteiger partial charge in [0.1, 0.15) is 28.7 Å². The molecular weight excluding hydrogens is 373 g/mol. The summed E-state index contributed by atoms with van der Waals surface area (Å²) in [4.78, 5) is 12.7. The van der Waals surface area contributed by atoms with E-state index in [1.165, 1.54) is 12.1 Å². The van der Waals surface area contributed by atoms with Gasteiger partial charge in [0.05, 0.1) is 23.5 Å². The van der Waals surface area contributed by atoms with E-state index in [4.69, 9.17) is 13.6 Å². The summed E-state index contributed by atoms with van der Waals surface area (Å²) in [7, 11) is 1.55. The van der Waals surface area contributed by atoms with Gasteiger partial charge in [-0.2, -0.15) is 0 Å². The Morgan fingerprint density at radius 3 is 2.52 bits per heavy atom. The Bertz CT molecular complexity index is 1160. The van der Waals surface area contributed by atoms with Crippen molar-refractivity contribution in [2.75, 3.05) is 7.05 Å². The fourth-order valence-electron chi connectivity index (χ4n) is 3.25. The maximum absolute atomic E-state index is 13.4. The molecule has 5 nitrogen and oxygen atoms in total. The minimum absolute atomic E-state index is 0.0758. The fourth-order valence-corrected chi connectivity index (χ4v) is 3.25. The van der Waals surface area contributed by atoms with Crippen molar-refractivity contribution in [1.82, 2.24) is 5.32 Å². The van der Waals surface area contributed by atoms with Crippen molar-refractivity contribution >= 4 is 16.9 Å². The zero-order valence-corrected chi connectivity index (χ0v) is 16.3. The first kappa shape index (κ1) is 18.8. The molecule has 0 spiro atoms. The third-order valence-corrected chi connectivity index (χ3v) is 4.50. The van der Waals surface area contributed by atoms with Crippen LogP contribution in [0.25, 0.3) is 33.6 Å². The molecule has 0 saturated heterocycles. The molecule has 0 saturated carbocycles. The van der Waals surface area contributed by atoms with E-state index in [2.05, 4.69) is 5.32 Å². The Hall–Kier alpha value is -3.54. The van der Waals surface area contributed by atoms with Gasteiger partial charge in [-0.3, -0.25) is 4.79 Å². The molecule has 0 aliphatic carbocycles. The molecule has 1 amide bonds. The molecule has 0 aliphatic heterocycles. The highest BCUT2D eigenvalue weighted by Crippen LogP contribution is 2.41. The van der Waals surface area contributed by atoms with E-state index >= 15 is 0 Å². The van der Waals surface area contributed by atoms with Crippen LogP contribution in [0.3, 0.4) is 0 Å². The molecule has 2 heterocycles. The second kappa shape index (κ2) is 7.47. The summed E-state index contributed by atoms with van der Waals surface area (Å²) in [6.07, 6.45) is 1.51. The van der Waals surface area contributed by atoms with Crippen molar-refractivity contribution < 1.29 is 22.8 Å². The summed E-state index contributed by atoms with van der Waals surface area (Å²) in [5.74, 6) is 0.915. The summed E-state index contributed by atoms with van der Waals surface area (Å²) < 4.78 is 31.0. The average Bonchev–Trinajstić information content (AvgIpc) is 3.34. The van der Waals surface area contributed by atoms with Crippen LogP contribution >= 0.6 is 0 Å². The fraction of sp³-hybridized carbons (Fsp3) is 0.174. The van der Waals surface area contributed by atoms with E-state index in [0.717, 1.165) is 5.56 Å². The second-order valence-electron chi connectivity index (χ2n) is 6.88. The molecular formula is C23H20FNO4. The van der Waals surface area contributed by atoms with Crippen LogP contribution in [0.4, 0.5) is 4.39 Å². The van der Waals surface area contributed by atoms with Crippen molar-refractivity contribution in [3.63, 3.8) is 0 Å². The summed E-state index contributed by atoms with van der Waals surface area (Å²) in [6, 6.07) is 13.0. The maximum atomic E-state index is 13.4. The number of carbonyl (C=O) groups excluding carboxylic acids is 1. The van der Waals surface area contributed by atoms with Crippen molar-refractivity contribution in [3.05, 3.63) is 66.2 Å². The molecule has 4 aromatic rings. The molecule has 148 valence electrons. The SMILES string of the molecule is CNC(=O)c1c(-c2ccc(F)cc2)oc2cc(-c3ccco3)c(OC(C)C)cc12. The van der Waals surface area contributed by atoms with E-state index in [9.17, 15) is 9.18 Å². The first-order chi connectivity index (χ1) is 14.0. The van der Waals surface area contributed by atoms with E-state index in [-0.39, 0.29) is 17.8 Å².